The number of carbonyl (C=O) groups is 2. The molecule has 0 heterocycles. The SMILES string of the molecule is Cc1c(NC(=O)c2ccc(OCC3CCCCC3)cc2)cccc1C(N)=O. The van der Waals surface area contributed by atoms with Crippen LogP contribution in [-0.2, 0) is 0 Å². The number of primary amides is 1. The number of hydrogen-bond donors (Lipinski definition) is 2. The average Bonchev–Trinajstić information content (AvgIpc) is 2.69. The molecule has 1 saturated carbocycles. The zero-order valence-electron chi connectivity index (χ0n) is 15.7. The fourth-order valence-electron chi connectivity index (χ4n) is 3.50. The molecule has 5 nitrogen and oxygen atoms in total. The third-order valence-electron chi connectivity index (χ3n) is 5.17. The van der Waals surface area contributed by atoms with Crippen LogP contribution in [0.4, 0.5) is 5.69 Å². The molecule has 3 N–H and O–H groups in total. The third kappa shape index (κ3) is 4.88. The van der Waals surface area contributed by atoms with E-state index in [2.05, 4.69) is 5.32 Å². The molecule has 1 fully saturated rings. The van der Waals surface area contributed by atoms with Crippen molar-refractivity contribution in [3.63, 3.8) is 0 Å². The molecule has 0 aromatic heterocycles. The van der Waals surface area contributed by atoms with Gasteiger partial charge in [0, 0.05) is 16.8 Å². The van der Waals surface area contributed by atoms with E-state index in [4.69, 9.17) is 10.5 Å². The van der Waals surface area contributed by atoms with Gasteiger partial charge in [-0.2, -0.15) is 0 Å². The molecule has 0 atom stereocenters. The van der Waals surface area contributed by atoms with Crippen molar-refractivity contribution in [2.45, 2.75) is 39.0 Å². The molecule has 2 amide bonds. The quantitative estimate of drug-likeness (QED) is 0.799. The summed E-state index contributed by atoms with van der Waals surface area (Å²) in [7, 11) is 0. The second-order valence-corrected chi connectivity index (χ2v) is 7.14. The Labute approximate surface area is 159 Å². The molecule has 0 unspecified atom stereocenters. The summed E-state index contributed by atoms with van der Waals surface area (Å²) in [6.07, 6.45) is 6.41. The Bertz CT molecular complexity index is 809. The summed E-state index contributed by atoms with van der Waals surface area (Å²) in [5, 5.41) is 2.84. The van der Waals surface area contributed by atoms with Crippen LogP contribution in [0.3, 0.4) is 0 Å². The normalized spacial score (nSPS) is 14.6. The lowest BCUT2D eigenvalue weighted by molar-refractivity contribution is 0.0995. The van der Waals surface area contributed by atoms with Gasteiger partial charge in [0.05, 0.1) is 6.61 Å². The summed E-state index contributed by atoms with van der Waals surface area (Å²) < 4.78 is 5.88. The van der Waals surface area contributed by atoms with E-state index in [-0.39, 0.29) is 5.91 Å². The number of nitrogens with two attached hydrogens (primary N) is 1. The Morgan fingerprint density at radius 2 is 1.78 bits per heavy atom. The summed E-state index contributed by atoms with van der Waals surface area (Å²) in [5.74, 6) is 0.674. The number of benzene rings is 2. The van der Waals surface area contributed by atoms with Gasteiger partial charge >= 0.3 is 0 Å². The zero-order chi connectivity index (χ0) is 19.2. The van der Waals surface area contributed by atoms with Crippen molar-refractivity contribution in [2.24, 2.45) is 11.7 Å². The van der Waals surface area contributed by atoms with Crippen LogP contribution < -0.4 is 15.8 Å². The first kappa shape index (κ1) is 19.0. The second-order valence-electron chi connectivity index (χ2n) is 7.14. The van der Waals surface area contributed by atoms with Crippen LogP contribution in [0.2, 0.25) is 0 Å². The highest BCUT2D eigenvalue weighted by atomic mass is 16.5. The first-order chi connectivity index (χ1) is 13.0. The Kier molecular flexibility index (Phi) is 6.12. The van der Waals surface area contributed by atoms with E-state index in [0.29, 0.717) is 28.3 Å². The van der Waals surface area contributed by atoms with E-state index in [1.54, 1.807) is 37.3 Å². The molecule has 2 aromatic rings. The molecule has 0 bridgehead atoms. The van der Waals surface area contributed by atoms with Crippen molar-refractivity contribution in [3.05, 3.63) is 59.2 Å². The highest BCUT2D eigenvalue weighted by molar-refractivity contribution is 6.06. The van der Waals surface area contributed by atoms with Crippen LogP contribution in [0.5, 0.6) is 5.75 Å². The van der Waals surface area contributed by atoms with Gasteiger partial charge in [-0.25, -0.2) is 0 Å². The molecule has 0 spiro atoms. The predicted octanol–water partition coefficient (Wildman–Crippen LogP) is 4.31. The van der Waals surface area contributed by atoms with Crippen LogP contribution in [0.25, 0.3) is 0 Å². The lowest BCUT2D eigenvalue weighted by Crippen LogP contribution is -2.17. The van der Waals surface area contributed by atoms with Gasteiger partial charge < -0.3 is 15.8 Å². The Morgan fingerprint density at radius 1 is 1.07 bits per heavy atom. The van der Waals surface area contributed by atoms with E-state index in [0.717, 1.165) is 12.4 Å². The smallest absolute Gasteiger partial charge is 0.255 e. The predicted molar refractivity (Wildman–Crippen MR) is 106 cm³/mol. The van der Waals surface area contributed by atoms with Crippen molar-refractivity contribution in [2.75, 3.05) is 11.9 Å². The standard InChI is InChI=1S/C22H26N2O3/c1-15-19(21(23)25)8-5-9-20(15)24-22(26)17-10-12-18(13-11-17)27-14-16-6-3-2-4-7-16/h5,8-13,16H,2-4,6-7,14H2,1H3,(H2,23,25)(H,24,26). The lowest BCUT2D eigenvalue weighted by atomic mass is 9.90. The molecule has 0 aliphatic heterocycles. The number of ether oxygens (including phenoxy) is 1. The van der Waals surface area contributed by atoms with Gasteiger partial charge in [-0.05, 0) is 67.6 Å². The number of carbonyl (C=O) groups excluding carboxylic acids is 2. The molecular formula is C22H26N2O3. The molecule has 1 aliphatic rings. The molecule has 27 heavy (non-hydrogen) atoms. The topological polar surface area (TPSA) is 81.4 Å². The maximum atomic E-state index is 12.5. The molecule has 5 heteroatoms. The van der Waals surface area contributed by atoms with Gasteiger partial charge in [-0.1, -0.05) is 25.3 Å². The fourth-order valence-corrected chi connectivity index (χ4v) is 3.50. The van der Waals surface area contributed by atoms with Gasteiger partial charge in [0.2, 0.25) is 5.91 Å². The first-order valence-electron chi connectivity index (χ1n) is 9.48. The van der Waals surface area contributed by atoms with Crippen molar-refractivity contribution < 1.29 is 14.3 Å². The van der Waals surface area contributed by atoms with E-state index in [9.17, 15) is 9.59 Å². The van der Waals surface area contributed by atoms with Gasteiger partial charge in [-0.3, -0.25) is 9.59 Å². The molecule has 0 saturated heterocycles. The van der Waals surface area contributed by atoms with E-state index >= 15 is 0 Å². The number of hydrogen-bond acceptors (Lipinski definition) is 3. The molecule has 1 aliphatic carbocycles. The van der Waals surface area contributed by atoms with Crippen LogP contribution in [-0.4, -0.2) is 18.4 Å². The highest BCUT2D eigenvalue weighted by Crippen LogP contribution is 2.25. The third-order valence-corrected chi connectivity index (χ3v) is 5.17. The minimum atomic E-state index is -0.511. The van der Waals surface area contributed by atoms with E-state index in [1.165, 1.54) is 32.1 Å². The summed E-state index contributed by atoms with van der Waals surface area (Å²) in [5.41, 5.74) is 7.53. The van der Waals surface area contributed by atoms with Crippen LogP contribution >= 0.6 is 0 Å². The van der Waals surface area contributed by atoms with Crippen molar-refractivity contribution in [3.8, 4) is 5.75 Å². The molecule has 142 valence electrons. The maximum absolute atomic E-state index is 12.5. The number of anilines is 1. The Morgan fingerprint density at radius 3 is 2.44 bits per heavy atom. The van der Waals surface area contributed by atoms with Crippen LogP contribution in [0, 0.1) is 12.8 Å². The zero-order valence-corrected chi connectivity index (χ0v) is 15.7. The minimum Gasteiger partial charge on any atom is -0.493 e. The Balaban J connectivity index is 1.60. The fraction of sp³-hybridized carbons (Fsp3) is 0.364. The highest BCUT2D eigenvalue weighted by Gasteiger charge is 2.15. The largest absolute Gasteiger partial charge is 0.493 e. The van der Waals surface area contributed by atoms with Gasteiger partial charge in [0.15, 0.2) is 0 Å². The average molecular weight is 366 g/mol. The van der Waals surface area contributed by atoms with E-state index < -0.39 is 5.91 Å². The van der Waals surface area contributed by atoms with Crippen LogP contribution in [0.15, 0.2) is 42.5 Å². The first-order valence-corrected chi connectivity index (χ1v) is 9.48. The van der Waals surface area contributed by atoms with Gasteiger partial charge in [0.25, 0.3) is 5.91 Å². The maximum Gasteiger partial charge on any atom is 0.255 e. The van der Waals surface area contributed by atoms with Crippen molar-refractivity contribution >= 4 is 17.5 Å². The molecule has 2 aromatic carbocycles. The van der Waals surface area contributed by atoms with Crippen LogP contribution in [0.1, 0.15) is 58.4 Å². The van der Waals surface area contributed by atoms with Gasteiger partial charge in [0.1, 0.15) is 5.75 Å². The second kappa shape index (κ2) is 8.71. The van der Waals surface area contributed by atoms with E-state index in [1.807, 2.05) is 12.1 Å². The van der Waals surface area contributed by atoms with Gasteiger partial charge in [-0.15, -0.1) is 0 Å². The summed E-state index contributed by atoms with van der Waals surface area (Å²) in [6.45, 7) is 2.50. The van der Waals surface area contributed by atoms with Crippen molar-refractivity contribution in [1.82, 2.24) is 0 Å². The monoisotopic (exact) mass is 366 g/mol. The summed E-state index contributed by atoms with van der Waals surface area (Å²) in [4.78, 5) is 23.9. The number of amides is 2. The minimum absolute atomic E-state index is 0.237. The van der Waals surface area contributed by atoms with Crippen molar-refractivity contribution in [1.29, 1.82) is 0 Å². The molecule has 3 rings (SSSR count). The molecular weight excluding hydrogens is 340 g/mol. The summed E-state index contributed by atoms with van der Waals surface area (Å²) in [6, 6.07) is 12.2. The Hall–Kier alpha value is -2.82. The lowest BCUT2D eigenvalue weighted by Gasteiger charge is -2.21. The number of nitrogens with one attached hydrogen (secondary N) is 1. The number of rotatable bonds is 6. The summed E-state index contributed by atoms with van der Waals surface area (Å²) >= 11 is 0. The molecule has 0 radical (unpaired) electrons.